The van der Waals surface area contributed by atoms with Gasteiger partial charge >= 0.3 is 0 Å². The number of hydrogen-bond donors (Lipinski definition) is 1. The van der Waals surface area contributed by atoms with Gasteiger partial charge in [0.25, 0.3) is 11.7 Å². The minimum Gasteiger partial charge on any atom is -0.507 e. The molecule has 1 fully saturated rings. The molecule has 3 aromatic rings. The molecule has 1 N–H and O–H groups in total. The van der Waals surface area contributed by atoms with E-state index in [0.29, 0.717) is 11.1 Å². The summed E-state index contributed by atoms with van der Waals surface area (Å²) in [5.74, 6) is -2.61. The Morgan fingerprint density at radius 3 is 2.37 bits per heavy atom. The predicted octanol–water partition coefficient (Wildman–Crippen LogP) is 4.81. The molecule has 1 aromatic heterocycles. The number of rotatable bonds is 3. The molecule has 0 bridgehead atoms. The smallest absolute Gasteiger partial charge is 0.300 e. The Labute approximate surface area is 177 Å². The molecule has 1 saturated heterocycles. The summed E-state index contributed by atoms with van der Waals surface area (Å²) in [5.41, 5.74) is 2.15. The summed E-state index contributed by atoms with van der Waals surface area (Å²) in [6.07, 6.45) is 3.05. The summed E-state index contributed by atoms with van der Waals surface area (Å²) in [7, 11) is 0. The van der Waals surface area contributed by atoms with Gasteiger partial charge in [-0.1, -0.05) is 41.4 Å². The van der Waals surface area contributed by atoms with Crippen LogP contribution >= 0.6 is 11.6 Å². The second-order valence-electron chi connectivity index (χ2n) is 6.91. The van der Waals surface area contributed by atoms with Crippen LogP contribution in [0.1, 0.15) is 22.7 Å². The number of halogens is 2. The topological polar surface area (TPSA) is 70.5 Å². The van der Waals surface area contributed by atoms with Gasteiger partial charge in [-0.2, -0.15) is 0 Å². The molecular weight excluding hydrogens is 407 g/mol. The van der Waals surface area contributed by atoms with Crippen molar-refractivity contribution in [2.75, 3.05) is 4.90 Å². The highest BCUT2D eigenvalue weighted by molar-refractivity contribution is 6.51. The minimum atomic E-state index is -0.921. The lowest BCUT2D eigenvalue weighted by Crippen LogP contribution is -2.29. The maximum absolute atomic E-state index is 13.7. The number of aromatic nitrogens is 1. The zero-order chi connectivity index (χ0) is 21.4. The Balaban J connectivity index is 1.94. The van der Waals surface area contributed by atoms with Gasteiger partial charge in [-0.3, -0.25) is 19.5 Å². The van der Waals surface area contributed by atoms with Crippen molar-refractivity contribution in [1.82, 2.24) is 4.98 Å². The fraction of sp³-hybridized carbons (Fsp3) is 0.0870. The van der Waals surface area contributed by atoms with Gasteiger partial charge in [0.2, 0.25) is 0 Å². The molecule has 0 spiro atoms. The lowest BCUT2D eigenvalue weighted by atomic mass is 9.95. The van der Waals surface area contributed by atoms with E-state index in [9.17, 15) is 19.1 Å². The molecule has 1 amide bonds. The Morgan fingerprint density at radius 2 is 1.73 bits per heavy atom. The number of nitrogens with zero attached hydrogens (tertiary/aromatic N) is 2. The van der Waals surface area contributed by atoms with E-state index >= 15 is 0 Å². The summed E-state index contributed by atoms with van der Waals surface area (Å²) in [4.78, 5) is 31.1. The molecule has 4 rings (SSSR count). The molecule has 2 heterocycles. The van der Waals surface area contributed by atoms with Gasteiger partial charge < -0.3 is 5.11 Å². The third-order valence-corrected chi connectivity index (χ3v) is 5.26. The molecule has 7 heteroatoms. The van der Waals surface area contributed by atoms with Gasteiger partial charge in [-0.05, 0) is 42.8 Å². The van der Waals surface area contributed by atoms with E-state index < -0.39 is 23.5 Å². The van der Waals surface area contributed by atoms with Crippen LogP contribution in [-0.4, -0.2) is 21.8 Å². The van der Waals surface area contributed by atoms with Crippen LogP contribution in [0.5, 0.6) is 0 Å². The quantitative estimate of drug-likeness (QED) is 0.373. The van der Waals surface area contributed by atoms with Crippen LogP contribution < -0.4 is 4.90 Å². The molecule has 1 aliphatic rings. The summed E-state index contributed by atoms with van der Waals surface area (Å²) in [6, 6.07) is 13.1. The largest absolute Gasteiger partial charge is 0.507 e. The number of aryl methyl sites for hydroxylation is 1. The number of Topliss-reactive ketones (excluding diaryl/α,β-unsaturated/α-hetero) is 1. The van der Waals surface area contributed by atoms with E-state index in [-0.39, 0.29) is 22.0 Å². The van der Waals surface area contributed by atoms with Gasteiger partial charge in [-0.15, -0.1) is 0 Å². The number of carbonyl (C=O) groups is 2. The third kappa shape index (κ3) is 3.35. The van der Waals surface area contributed by atoms with E-state index in [0.717, 1.165) is 11.6 Å². The van der Waals surface area contributed by atoms with Crippen molar-refractivity contribution in [2.24, 2.45) is 0 Å². The highest BCUT2D eigenvalue weighted by atomic mass is 35.5. The van der Waals surface area contributed by atoms with Gasteiger partial charge in [0.1, 0.15) is 11.6 Å². The normalized spacial score (nSPS) is 18.1. The molecule has 2 aromatic carbocycles. The van der Waals surface area contributed by atoms with Crippen molar-refractivity contribution in [1.29, 1.82) is 0 Å². The maximum Gasteiger partial charge on any atom is 0.300 e. The number of hydrogen-bond acceptors (Lipinski definition) is 4. The molecule has 0 radical (unpaired) electrons. The van der Waals surface area contributed by atoms with Crippen molar-refractivity contribution < 1.29 is 19.1 Å². The van der Waals surface area contributed by atoms with Crippen LogP contribution in [0, 0.1) is 12.7 Å². The van der Waals surface area contributed by atoms with Crippen molar-refractivity contribution in [3.63, 3.8) is 0 Å². The van der Waals surface area contributed by atoms with Gasteiger partial charge in [-0.25, -0.2) is 4.39 Å². The number of carbonyl (C=O) groups excluding carboxylic acids is 2. The first-order valence-corrected chi connectivity index (χ1v) is 9.49. The third-order valence-electron chi connectivity index (χ3n) is 4.97. The second-order valence-corrected chi connectivity index (χ2v) is 7.32. The highest BCUT2D eigenvalue weighted by Crippen LogP contribution is 2.42. The van der Waals surface area contributed by atoms with E-state index in [1.165, 1.54) is 29.4 Å². The number of aliphatic hydroxyl groups is 1. The molecular formula is C23H16ClFN2O3. The molecule has 30 heavy (non-hydrogen) atoms. The molecule has 5 nitrogen and oxygen atoms in total. The molecule has 1 atom stereocenters. The summed E-state index contributed by atoms with van der Waals surface area (Å²) < 4.78 is 13.7. The van der Waals surface area contributed by atoms with Gasteiger partial charge in [0.15, 0.2) is 0 Å². The Bertz CT molecular complexity index is 1180. The van der Waals surface area contributed by atoms with E-state index in [1.807, 2.05) is 6.92 Å². The molecule has 1 aliphatic heterocycles. The van der Waals surface area contributed by atoms with Crippen molar-refractivity contribution in [2.45, 2.75) is 13.0 Å². The van der Waals surface area contributed by atoms with E-state index in [2.05, 4.69) is 4.98 Å². The minimum absolute atomic E-state index is 0.0597. The summed E-state index contributed by atoms with van der Waals surface area (Å²) >= 11 is 5.91. The van der Waals surface area contributed by atoms with E-state index in [4.69, 9.17) is 11.6 Å². The fourth-order valence-electron chi connectivity index (χ4n) is 3.46. The lowest BCUT2D eigenvalue weighted by molar-refractivity contribution is -0.132. The van der Waals surface area contributed by atoms with Crippen molar-refractivity contribution in [3.8, 4) is 0 Å². The van der Waals surface area contributed by atoms with Crippen LogP contribution in [0.4, 0.5) is 10.1 Å². The number of pyridine rings is 1. The molecule has 0 aliphatic carbocycles. The zero-order valence-electron chi connectivity index (χ0n) is 15.8. The highest BCUT2D eigenvalue weighted by Gasteiger charge is 2.47. The Hall–Kier alpha value is -3.51. The first-order valence-electron chi connectivity index (χ1n) is 9.11. The SMILES string of the molecule is Cc1ccc(/C(O)=C2\C(=O)C(=O)N(c3ccc(F)c(Cl)c3)C2c2ccncc2)cc1. The Morgan fingerprint density at radius 1 is 1.07 bits per heavy atom. The van der Waals surface area contributed by atoms with Crippen LogP contribution in [0.3, 0.4) is 0 Å². The standard InChI is InChI=1S/C23H16ClFN2O3/c1-13-2-4-15(5-3-13)21(28)19-20(14-8-10-26-11-9-14)27(23(30)22(19)29)16-6-7-18(25)17(24)12-16/h2-12,20,28H,1H3/b21-19+. The van der Waals surface area contributed by atoms with Crippen LogP contribution in [-0.2, 0) is 9.59 Å². The molecule has 1 unspecified atom stereocenters. The van der Waals surface area contributed by atoms with Crippen molar-refractivity contribution >= 4 is 34.7 Å². The lowest BCUT2D eigenvalue weighted by Gasteiger charge is -2.25. The zero-order valence-corrected chi connectivity index (χ0v) is 16.6. The number of amides is 1. The van der Waals surface area contributed by atoms with E-state index in [1.54, 1.807) is 36.4 Å². The summed E-state index contributed by atoms with van der Waals surface area (Å²) in [5, 5.41) is 10.8. The molecule has 150 valence electrons. The number of anilines is 1. The number of aliphatic hydroxyl groups excluding tert-OH is 1. The number of benzene rings is 2. The predicted molar refractivity (Wildman–Crippen MR) is 112 cm³/mol. The number of ketones is 1. The van der Waals surface area contributed by atoms with Crippen LogP contribution in [0.2, 0.25) is 5.02 Å². The average molecular weight is 423 g/mol. The fourth-order valence-corrected chi connectivity index (χ4v) is 3.64. The first kappa shape index (κ1) is 19.8. The van der Waals surface area contributed by atoms with Crippen LogP contribution in [0.25, 0.3) is 5.76 Å². The van der Waals surface area contributed by atoms with Crippen LogP contribution in [0.15, 0.2) is 72.6 Å². The second kappa shape index (κ2) is 7.72. The monoisotopic (exact) mass is 422 g/mol. The average Bonchev–Trinajstić information content (AvgIpc) is 3.01. The Kier molecular flexibility index (Phi) is 5.10. The summed E-state index contributed by atoms with van der Waals surface area (Å²) in [6.45, 7) is 1.90. The van der Waals surface area contributed by atoms with Crippen molar-refractivity contribution in [3.05, 3.63) is 100 Å². The van der Waals surface area contributed by atoms with Gasteiger partial charge in [0, 0.05) is 23.6 Å². The molecule has 0 saturated carbocycles. The van der Waals surface area contributed by atoms with Gasteiger partial charge in [0.05, 0.1) is 16.6 Å². The maximum atomic E-state index is 13.7. The first-order chi connectivity index (χ1) is 14.4.